The van der Waals surface area contributed by atoms with Crippen LogP contribution in [0.2, 0.25) is 19.6 Å². The molecule has 1 aromatic heterocycles. The first-order valence-electron chi connectivity index (χ1n) is 7.97. The Bertz CT molecular complexity index is 903. The van der Waals surface area contributed by atoms with Gasteiger partial charge in [0.1, 0.15) is 0 Å². The van der Waals surface area contributed by atoms with Gasteiger partial charge >= 0.3 is 5.97 Å². The third-order valence-electron chi connectivity index (χ3n) is 4.20. The number of fused-ring (bicyclic) bond motifs is 3. The highest BCUT2D eigenvalue weighted by molar-refractivity contribution is 7.26. The third kappa shape index (κ3) is 2.70. The van der Waals surface area contributed by atoms with E-state index < -0.39 is 8.07 Å². The second-order valence-corrected chi connectivity index (χ2v) is 13.0. The molecule has 23 heavy (non-hydrogen) atoms. The van der Waals surface area contributed by atoms with Crippen LogP contribution in [0.4, 0.5) is 0 Å². The van der Waals surface area contributed by atoms with Gasteiger partial charge in [-0.3, -0.25) is 0 Å². The Kier molecular flexibility index (Phi) is 4.06. The predicted octanol–water partition coefficient (Wildman–Crippen LogP) is 5.08. The molecule has 3 aromatic rings. The van der Waals surface area contributed by atoms with Gasteiger partial charge in [-0.25, -0.2) is 4.79 Å². The molecule has 0 aliphatic heterocycles. The number of ether oxygens (including phenoxy) is 1. The van der Waals surface area contributed by atoms with E-state index in [4.69, 9.17) is 4.74 Å². The normalized spacial score (nSPS) is 12.0. The summed E-state index contributed by atoms with van der Waals surface area (Å²) in [6.45, 7) is 11.2. The topological polar surface area (TPSA) is 26.3 Å². The maximum Gasteiger partial charge on any atom is 0.338 e. The van der Waals surface area contributed by atoms with Gasteiger partial charge in [-0.05, 0) is 30.7 Å². The molecule has 0 atom stereocenters. The smallest absolute Gasteiger partial charge is 0.338 e. The van der Waals surface area contributed by atoms with Crippen LogP contribution in [0.15, 0.2) is 30.3 Å². The van der Waals surface area contributed by atoms with Gasteiger partial charge in [0.05, 0.1) is 20.2 Å². The molecule has 4 heteroatoms. The van der Waals surface area contributed by atoms with Crippen LogP contribution < -0.4 is 5.19 Å². The Morgan fingerprint density at radius 3 is 2.52 bits per heavy atom. The Balaban J connectivity index is 2.43. The fourth-order valence-corrected chi connectivity index (χ4v) is 5.88. The fraction of sp³-hybridized carbons (Fsp3) is 0.316. The molecule has 2 nitrogen and oxygen atoms in total. The van der Waals surface area contributed by atoms with Gasteiger partial charge in [0, 0.05) is 20.2 Å². The van der Waals surface area contributed by atoms with Gasteiger partial charge in [-0.1, -0.05) is 43.9 Å². The summed E-state index contributed by atoms with van der Waals surface area (Å²) in [5, 5.41) is 3.75. The molecule has 0 fully saturated rings. The lowest BCUT2D eigenvalue weighted by Crippen LogP contribution is -2.42. The van der Waals surface area contributed by atoms with Gasteiger partial charge in [0.25, 0.3) is 0 Å². The summed E-state index contributed by atoms with van der Waals surface area (Å²) in [7, 11) is -1.68. The summed E-state index contributed by atoms with van der Waals surface area (Å²) >= 11 is 1.76. The number of aryl methyl sites for hydroxylation is 1. The van der Waals surface area contributed by atoms with Crippen LogP contribution in [0.25, 0.3) is 20.2 Å². The van der Waals surface area contributed by atoms with E-state index >= 15 is 0 Å². The molecule has 0 aliphatic rings. The Morgan fingerprint density at radius 1 is 1.17 bits per heavy atom. The molecule has 3 rings (SSSR count). The van der Waals surface area contributed by atoms with Crippen molar-refractivity contribution in [2.45, 2.75) is 33.5 Å². The van der Waals surface area contributed by atoms with E-state index in [-0.39, 0.29) is 5.97 Å². The van der Waals surface area contributed by atoms with E-state index in [1.54, 1.807) is 11.3 Å². The number of carbonyl (C=O) groups excluding carboxylic acids is 1. The lowest BCUT2D eigenvalue weighted by atomic mass is 10.0. The van der Waals surface area contributed by atoms with Crippen LogP contribution in [0.5, 0.6) is 0 Å². The van der Waals surface area contributed by atoms with Crippen LogP contribution in [0.3, 0.4) is 0 Å². The Morgan fingerprint density at radius 2 is 1.87 bits per heavy atom. The number of hydrogen-bond donors (Lipinski definition) is 0. The third-order valence-corrected chi connectivity index (χ3v) is 7.51. The van der Waals surface area contributed by atoms with Gasteiger partial charge in [-0.15, -0.1) is 11.3 Å². The highest BCUT2D eigenvalue weighted by Gasteiger charge is 2.28. The first-order valence-corrected chi connectivity index (χ1v) is 12.3. The molecule has 0 saturated heterocycles. The average Bonchev–Trinajstić information content (AvgIpc) is 2.85. The first-order chi connectivity index (χ1) is 10.8. The number of hydrogen-bond acceptors (Lipinski definition) is 3. The summed E-state index contributed by atoms with van der Waals surface area (Å²) in [4.78, 5) is 12.6. The van der Waals surface area contributed by atoms with Crippen molar-refractivity contribution in [2.24, 2.45) is 0 Å². The molecule has 0 unspecified atom stereocenters. The van der Waals surface area contributed by atoms with Crippen molar-refractivity contribution >= 4 is 50.7 Å². The number of esters is 1. The second kappa shape index (κ2) is 5.76. The fourth-order valence-electron chi connectivity index (χ4n) is 3.08. The lowest BCUT2D eigenvalue weighted by molar-refractivity contribution is 0.0527. The zero-order chi connectivity index (χ0) is 16.8. The molecular weight excluding hydrogens is 320 g/mol. The molecule has 0 amide bonds. The summed E-state index contributed by atoms with van der Waals surface area (Å²) in [5.74, 6) is -0.179. The molecule has 0 N–H and O–H groups in total. The van der Waals surface area contributed by atoms with Crippen LogP contribution in [0, 0.1) is 6.92 Å². The van der Waals surface area contributed by atoms with E-state index in [0.717, 1.165) is 11.1 Å². The van der Waals surface area contributed by atoms with Crippen molar-refractivity contribution in [2.75, 3.05) is 6.61 Å². The standard InChI is InChI=1S/C19H22O2SSi/c1-6-21-19(20)17-12(2)18-14(11-16(17)23(3,4)5)13-9-7-8-10-15(13)22-18/h7-11H,6H2,1-5H3. The summed E-state index contributed by atoms with van der Waals surface area (Å²) in [6, 6.07) is 10.7. The van der Waals surface area contributed by atoms with Crippen LogP contribution >= 0.6 is 11.3 Å². The van der Waals surface area contributed by atoms with Gasteiger partial charge < -0.3 is 4.74 Å². The van der Waals surface area contributed by atoms with Crippen molar-refractivity contribution in [1.29, 1.82) is 0 Å². The number of carbonyl (C=O) groups is 1. The zero-order valence-electron chi connectivity index (χ0n) is 14.3. The molecule has 0 radical (unpaired) electrons. The number of thiophene rings is 1. The largest absolute Gasteiger partial charge is 0.462 e. The molecule has 0 saturated carbocycles. The predicted molar refractivity (Wildman–Crippen MR) is 103 cm³/mol. The molecule has 0 aliphatic carbocycles. The van der Waals surface area contributed by atoms with E-state index in [0.29, 0.717) is 6.61 Å². The summed E-state index contributed by atoms with van der Waals surface area (Å²) < 4.78 is 7.83. The minimum atomic E-state index is -1.68. The zero-order valence-corrected chi connectivity index (χ0v) is 16.1. The van der Waals surface area contributed by atoms with Crippen LogP contribution in [-0.4, -0.2) is 20.7 Å². The Labute approximate surface area is 142 Å². The minimum Gasteiger partial charge on any atom is -0.462 e. The molecular formula is C19H22O2SSi. The highest BCUT2D eigenvalue weighted by atomic mass is 32.1. The molecule has 0 bridgehead atoms. The van der Waals surface area contributed by atoms with Crippen LogP contribution in [0.1, 0.15) is 22.8 Å². The maximum atomic E-state index is 12.6. The van der Waals surface area contributed by atoms with Crippen molar-refractivity contribution in [3.63, 3.8) is 0 Å². The van der Waals surface area contributed by atoms with Crippen molar-refractivity contribution in [3.8, 4) is 0 Å². The quantitative estimate of drug-likeness (QED) is 0.490. The van der Waals surface area contributed by atoms with Crippen molar-refractivity contribution in [3.05, 3.63) is 41.5 Å². The van der Waals surface area contributed by atoms with Crippen LogP contribution in [-0.2, 0) is 4.74 Å². The SMILES string of the molecule is CCOC(=O)c1c([Si](C)(C)C)cc2c(sc3ccccc32)c1C. The number of benzene rings is 2. The monoisotopic (exact) mass is 342 g/mol. The maximum absolute atomic E-state index is 12.6. The van der Waals surface area contributed by atoms with E-state index in [2.05, 4.69) is 56.9 Å². The van der Waals surface area contributed by atoms with E-state index in [1.165, 1.54) is 25.4 Å². The lowest BCUT2D eigenvalue weighted by Gasteiger charge is -2.22. The molecule has 120 valence electrons. The van der Waals surface area contributed by atoms with Gasteiger partial charge in [0.2, 0.25) is 0 Å². The van der Waals surface area contributed by atoms with E-state index in [1.807, 2.05) is 6.92 Å². The van der Waals surface area contributed by atoms with Gasteiger partial charge in [0.15, 0.2) is 0 Å². The van der Waals surface area contributed by atoms with Crippen molar-refractivity contribution in [1.82, 2.24) is 0 Å². The van der Waals surface area contributed by atoms with Gasteiger partial charge in [-0.2, -0.15) is 0 Å². The molecule has 1 heterocycles. The number of rotatable bonds is 3. The second-order valence-electron chi connectivity index (χ2n) is 6.87. The summed E-state index contributed by atoms with van der Waals surface area (Å²) in [6.07, 6.45) is 0. The minimum absolute atomic E-state index is 0.179. The molecule has 0 spiro atoms. The average molecular weight is 343 g/mol. The summed E-state index contributed by atoms with van der Waals surface area (Å²) in [5.41, 5.74) is 1.87. The Hall–Kier alpha value is -1.65. The first kappa shape index (κ1) is 16.2. The van der Waals surface area contributed by atoms with Crippen molar-refractivity contribution < 1.29 is 9.53 Å². The highest BCUT2D eigenvalue weighted by Crippen LogP contribution is 2.37. The molecule has 2 aromatic carbocycles. The van der Waals surface area contributed by atoms with E-state index in [9.17, 15) is 4.79 Å².